The highest BCUT2D eigenvalue weighted by atomic mass is 32.2. The lowest BCUT2D eigenvalue weighted by Gasteiger charge is -2.36. The molecule has 1 atom stereocenters. The Morgan fingerprint density at radius 2 is 1.67 bits per heavy atom. The van der Waals surface area contributed by atoms with Crippen molar-refractivity contribution in [3.63, 3.8) is 0 Å². The maximum absolute atomic E-state index is 13.2. The maximum atomic E-state index is 13.2. The van der Waals surface area contributed by atoms with E-state index in [-0.39, 0.29) is 11.7 Å². The smallest absolute Gasteiger partial charge is 0.241 e. The summed E-state index contributed by atoms with van der Waals surface area (Å²) in [5, 5.41) is 0.516. The molecular formula is C24H29N3O2S. The van der Waals surface area contributed by atoms with E-state index in [1.807, 2.05) is 47.0 Å². The van der Waals surface area contributed by atoms with Crippen LogP contribution < -0.4 is 9.80 Å². The molecule has 2 aromatic rings. The van der Waals surface area contributed by atoms with Crippen LogP contribution in [0, 0.1) is 0 Å². The van der Waals surface area contributed by atoms with Gasteiger partial charge < -0.3 is 9.80 Å². The molecule has 0 spiro atoms. The zero-order valence-electron chi connectivity index (χ0n) is 17.7. The van der Waals surface area contributed by atoms with Crippen LogP contribution in [0.1, 0.15) is 30.6 Å². The van der Waals surface area contributed by atoms with E-state index in [2.05, 4.69) is 34.9 Å². The molecule has 0 unspecified atom stereocenters. The first-order valence-electron chi connectivity index (χ1n) is 10.7. The van der Waals surface area contributed by atoms with Gasteiger partial charge in [0.05, 0.1) is 12.2 Å². The van der Waals surface area contributed by atoms with E-state index in [0.717, 1.165) is 56.1 Å². The lowest BCUT2D eigenvalue weighted by atomic mass is 10.1. The number of rotatable bonds is 4. The van der Waals surface area contributed by atoms with Crippen LogP contribution in [0.25, 0.3) is 0 Å². The highest BCUT2D eigenvalue weighted by Gasteiger charge is 2.26. The van der Waals surface area contributed by atoms with Gasteiger partial charge in [0.15, 0.2) is 5.78 Å². The zero-order valence-corrected chi connectivity index (χ0v) is 18.5. The molecule has 6 heteroatoms. The van der Waals surface area contributed by atoms with Crippen molar-refractivity contribution >= 4 is 34.8 Å². The average Bonchev–Trinajstić information content (AvgIpc) is 2.92. The van der Waals surface area contributed by atoms with Gasteiger partial charge in [-0.1, -0.05) is 19.1 Å². The number of amides is 1. The van der Waals surface area contributed by atoms with Gasteiger partial charge in [0.1, 0.15) is 0 Å². The first-order valence-corrected chi connectivity index (χ1v) is 11.5. The standard InChI is InChI=1S/C24H29N3O2S/c1-18-11-12-27(22-5-3-4-6-23(22)30-18)24(29)17-25-13-15-26(16-14-25)21-9-7-20(8-10-21)19(2)28/h3-10,18H,11-17H2,1-2H3/t18-/m0/s1. The molecule has 1 amide bonds. The maximum Gasteiger partial charge on any atom is 0.241 e. The van der Waals surface area contributed by atoms with Crippen molar-refractivity contribution in [1.82, 2.24) is 4.90 Å². The number of anilines is 2. The Bertz CT molecular complexity index is 907. The lowest BCUT2D eigenvalue weighted by molar-refractivity contribution is -0.119. The van der Waals surface area contributed by atoms with Gasteiger partial charge in [-0.25, -0.2) is 0 Å². The van der Waals surface area contributed by atoms with Crippen molar-refractivity contribution in [2.75, 3.05) is 49.1 Å². The fourth-order valence-electron chi connectivity index (χ4n) is 4.09. The Kier molecular flexibility index (Phi) is 6.44. The summed E-state index contributed by atoms with van der Waals surface area (Å²) < 4.78 is 0. The fraction of sp³-hybridized carbons (Fsp3) is 0.417. The fourth-order valence-corrected chi connectivity index (χ4v) is 5.21. The number of carbonyl (C=O) groups is 2. The summed E-state index contributed by atoms with van der Waals surface area (Å²) >= 11 is 1.87. The van der Waals surface area contributed by atoms with Crippen molar-refractivity contribution in [3.8, 4) is 0 Å². The van der Waals surface area contributed by atoms with Crippen LogP contribution in [0.3, 0.4) is 0 Å². The van der Waals surface area contributed by atoms with Crippen LogP contribution in [0.2, 0.25) is 0 Å². The van der Waals surface area contributed by atoms with E-state index >= 15 is 0 Å². The molecule has 0 aliphatic carbocycles. The van der Waals surface area contributed by atoms with E-state index in [1.165, 1.54) is 4.90 Å². The van der Waals surface area contributed by atoms with E-state index in [4.69, 9.17) is 0 Å². The summed E-state index contributed by atoms with van der Waals surface area (Å²) in [4.78, 5) is 32.4. The Balaban J connectivity index is 1.36. The second-order valence-electron chi connectivity index (χ2n) is 8.10. The van der Waals surface area contributed by atoms with Crippen molar-refractivity contribution in [3.05, 3.63) is 54.1 Å². The third-order valence-electron chi connectivity index (χ3n) is 5.91. The van der Waals surface area contributed by atoms with Crippen LogP contribution in [0.15, 0.2) is 53.4 Å². The van der Waals surface area contributed by atoms with Crippen LogP contribution in [-0.2, 0) is 4.79 Å². The van der Waals surface area contributed by atoms with Gasteiger partial charge in [0, 0.05) is 54.1 Å². The van der Waals surface area contributed by atoms with E-state index < -0.39 is 0 Å². The minimum absolute atomic E-state index is 0.0905. The molecule has 30 heavy (non-hydrogen) atoms. The number of benzene rings is 2. The molecule has 4 rings (SSSR count). The number of para-hydroxylation sites is 1. The third kappa shape index (κ3) is 4.71. The molecule has 158 valence electrons. The van der Waals surface area contributed by atoms with Crippen LogP contribution >= 0.6 is 11.8 Å². The Hall–Kier alpha value is -2.31. The lowest BCUT2D eigenvalue weighted by Crippen LogP contribution is -2.50. The number of hydrogen-bond donors (Lipinski definition) is 0. The molecule has 5 nitrogen and oxygen atoms in total. The molecule has 2 heterocycles. The van der Waals surface area contributed by atoms with Gasteiger partial charge in [0.25, 0.3) is 0 Å². The molecular weight excluding hydrogens is 394 g/mol. The van der Waals surface area contributed by atoms with Gasteiger partial charge in [0.2, 0.25) is 5.91 Å². The summed E-state index contributed by atoms with van der Waals surface area (Å²) in [5.74, 6) is 0.282. The van der Waals surface area contributed by atoms with Crippen LogP contribution in [0.4, 0.5) is 11.4 Å². The first-order chi connectivity index (χ1) is 14.5. The van der Waals surface area contributed by atoms with Gasteiger partial charge >= 0.3 is 0 Å². The predicted molar refractivity (Wildman–Crippen MR) is 124 cm³/mol. The molecule has 1 fully saturated rings. The van der Waals surface area contributed by atoms with Gasteiger partial charge in [-0.05, 0) is 49.7 Å². The average molecular weight is 424 g/mol. The molecule has 0 N–H and O–H groups in total. The Morgan fingerprint density at radius 3 is 2.37 bits per heavy atom. The number of hydrogen-bond acceptors (Lipinski definition) is 5. The number of nitrogens with zero attached hydrogens (tertiary/aromatic N) is 3. The summed E-state index contributed by atoms with van der Waals surface area (Å²) in [7, 11) is 0. The second kappa shape index (κ2) is 9.23. The van der Waals surface area contributed by atoms with Crippen LogP contribution in [-0.4, -0.2) is 61.1 Å². The van der Waals surface area contributed by atoms with E-state index in [0.29, 0.717) is 11.8 Å². The second-order valence-corrected chi connectivity index (χ2v) is 9.58. The van der Waals surface area contributed by atoms with Gasteiger partial charge in [-0.3, -0.25) is 14.5 Å². The van der Waals surface area contributed by atoms with Gasteiger partial charge in [-0.15, -0.1) is 11.8 Å². The molecule has 2 aliphatic heterocycles. The summed E-state index contributed by atoms with van der Waals surface area (Å²) in [5.41, 5.74) is 2.94. The first kappa shape index (κ1) is 20.9. The number of fused-ring (bicyclic) bond motifs is 1. The minimum atomic E-state index is 0.0905. The molecule has 0 bridgehead atoms. The number of carbonyl (C=O) groups excluding carboxylic acids is 2. The molecule has 2 aliphatic rings. The normalized spacial score (nSPS) is 19.9. The molecule has 0 aromatic heterocycles. The molecule has 0 radical (unpaired) electrons. The largest absolute Gasteiger partial charge is 0.369 e. The molecule has 1 saturated heterocycles. The number of Topliss-reactive ketones (excluding diaryl/α,β-unsaturated/α-hetero) is 1. The van der Waals surface area contributed by atoms with E-state index in [1.54, 1.807) is 6.92 Å². The summed E-state index contributed by atoms with van der Waals surface area (Å²) in [6, 6.07) is 16.1. The quantitative estimate of drug-likeness (QED) is 0.697. The summed E-state index contributed by atoms with van der Waals surface area (Å²) in [6.07, 6.45) is 1.01. The van der Waals surface area contributed by atoms with E-state index in [9.17, 15) is 9.59 Å². The molecule has 0 saturated carbocycles. The van der Waals surface area contributed by atoms with Crippen molar-refractivity contribution in [1.29, 1.82) is 0 Å². The monoisotopic (exact) mass is 423 g/mol. The highest BCUT2D eigenvalue weighted by molar-refractivity contribution is 8.00. The van der Waals surface area contributed by atoms with Crippen molar-refractivity contribution < 1.29 is 9.59 Å². The number of ketones is 1. The number of thioether (sulfide) groups is 1. The van der Waals surface area contributed by atoms with Gasteiger partial charge in [-0.2, -0.15) is 0 Å². The zero-order chi connectivity index (χ0) is 21.1. The van der Waals surface area contributed by atoms with Crippen molar-refractivity contribution in [2.24, 2.45) is 0 Å². The Labute approximate surface area is 183 Å². The minimum Gasteiger partial charge on any atom is -0.369 e. The summed E-state index contributed by atoms with van der Waals surface area (Å²) in [6.45, 7) is 8.56. The topological polar surface area (TPSA) is 43.9 Å². The number of piperazine rings is 1. The SMILES string of the molecule is CC(=O)c1ccc(N2CCN(CC(=O)N3CC[C@H](C)Sc4ccccc43)CC2)cc1. The highest BCUT2D eigenvalue weighted by Crippen LogP contribution is 2.37. The molecule has 2 aromatic carbocycles. The third-order valence-corrected chi connectivity index (χ3v) is 7.15. The predicted octanol–water partition coefficient (Wildman–Crippen LogP) is 3.93. The van der Waals surface area contributed by atoms with Crippen LogP contribution in [0.5, 0.6) is 0 Å². The van der Waals surface area contributed by atoms with Crippen molar-refractivity contribution in [2.45, 2.75) is 30.4 Å². The Morgan fingerprint density at radius 1 is 0.967 bits per heavy atom.